The lowest BCUT2D eigenvalue weighted by atomic mass is 10.1. The van der Waals surface area contributed by atoms with Gasteiger partial charge in [0.15, 0.2) is 5.11 Å². The molecule has 6 nitrogen and oxygen atoms in total. The molecule has 3 rings (SSSR count). The summed E-state index contributed by atoms with van der Waals surface area (Å²) in [5, 5.41) is 7.71. The molecule has 0 fully saturated rings. The number of methoxy groups -OCH3 is 3. The first-order chi connectivity index (χ1) is 13.5. The molecule has 7 heteroatoms. The quantitative estimate of drug-likeness (QED) is 0.636. The minimum absolute atomic E-state index is 0.142. The van der Waals surface area contributed by atoms with Crippen LogP contribution in [-0.2, 0) is 0 Å². The number of benzene rings is 3. The van der Waals surface area contributed by atoms with E-state index in [-0.39, 0.29) is 11.0 Å². The summed E-state index contributed by atoms with van der Waals surface area (Å²) in [7, 11) is 4.64. The van der Waals surface area contributed by atoms with Gasteiger partial charge >= 0.3 is 0 Å². The van der Waals surface area contributed by atoms with Crippen LogP contribution in [0, 0.1) is 0 Å². The number of fused-ring (bicyclic) bond motifs is 1. The van der Waals surface area contributed by atoms with Gasteiger partial charge in [-0.05, 0) is 47.3 Å². The van der Waals surface area contributed by atoms with Crippen molar-refractivity contribution >= 4 is 39.7 Å². The Morgan fingerprint density at radius 3 is 2.18 bits per heavy atom. The van der Waals surface area contributed by atoms with Crippen molar-refractivity contribution in [1.82, 2.24) is 5.32 Å². The van der Waals surface area contributed by atoms with Crippen LogP contribution in [0.3, 0.4) is 0 Å². The van der Waals surface area contributed by atoms with Crippen molar-refractivity contribution in [3.8, 4) is 17.2 Å². The van der Waals surface area contributed by atoms with Gasteiger partial charge in [0, 0.05) is 6.07 Å². The molecule has 0 spiro atoms. The van der Waals surface area contributed by atoms with E-state index in [1.54, 1.807) is 38.5 Å². The lowest BCUT2D eigenvalue weighted by molar-refractivity contribution is 0.0975. The van der Waals surface area contributed by atoms with Gasteiger partial charge in [-0.25, -0.2) is 0 Å². The second kappa shape index (κ2) is 8.58. The molecule has 144 valence electrons. The first-order valence-electron chi connectivity index (χ1n) is 8.47. The average Bonchev–Trinajstić information content (AvgIpc) is 2.72. The summed E-state index contributed by atoms with van der Waals surface area (Å²) in [4.78, 5) is 12.8. The van der Waals surface area contributed by atoms with Crippen molar-refractivity contribution in [2.75, 3.05) is 26.6 Å². The Morgan fingerprint density at radius 1 is 0.857 bits per heavy atom. The number of rotatable bonds is 5. The minimum Gasteiger partial charge on any atom is -0.497 e. The van der Waals surface area contributed by atoms with Gasteiger partial charge in [-0.2, -0.15) is 0 Å². The molecule has 0 heterocycles. The van der Waals surface area contributed by atoms with E-state index in [9.17, 15) is 4.79 Å². The lowest BCUT2D eigenvalue weighted by Crippen LogP contribution is -2.34. The number of carbonyl (C=O) groups excluding carboxylic acids is 1. The summed E-state index contributed by atoms with van der Waals surface area (Å²) in [6, 6.07) is 16.6. The third-order valence-electron chi connectivity index (χ3n) is 4.20. The summed E-state index contributed by atoms with van der Waals surface area (Å²) in [6.07, 6.45) is 0. The fourth-order valence-corrected chi connectivity index (χ4v) is 2.99. The molecule has 0 aliphatic rings. The maximum atomic E-state index is 12.8. The van der Waals surface area contributed by atoms with E-state index < -0.39 is 0 Å². The van der Waals surface area contributed by atoms with Crippen molar-refractivity contribution in [3.05, 3.63) is 60.2 Å². The van der Waals surface area contributed by atoms with Crippen LogP contribution < -0.4 is 24.8 Å². The number of hydrogen-bond donors (Lipinski definition) is 2. The van der Waals surface area contributed by atoms with Crippen LogP contribution in [0.5, 0.6) is 17.2 Å². The van der Waals surface area contributed by atoms with Crippen LogP contribution in [-0.4, -0.2) is 32.3 Å². The average molecular weight is 396 g/mol. The Balaban J connectivity index is 1.79. The molecule has 28 heavy (non-hydrogen) atoms. The van der Waals surface area contributed by atoms with Gasteiger partial charge in [-0.15, -0.1) is 0 Å². The van der Waals surface area contributed by atoms with E-state index in [1.807, 2.05) is 30.3 Å². The highest BCUT2D eigenvalue weighted by molar-refractivity contribution is 7.80. The molecule has 0 bridgehead atoms. The summed E-state index contributed by atoms with van der Waals surface area (Å²) in [6.45, 7) is 0. The number of carbonyl (C=O) groups is 1. The topological polar surface area (TPSA) is 68.8 Å². The maximum Gasteiger partial charge on any atom is 0.261 e. The summed E-state index contributed by atoms with van der Waals surface area (Å²) >= 11 is 5.29. The van der Waals surface area contributed by atoms with Crippen LogP contribution in [0.2, 0.25) is 0 Å². The van der Waals surface area contributed by atoms with Crippen molar-refractivity contribution < 1.29 is 19.0 Å². The van der Waals surface area contributed by atoms with Crippen molar-refractivity contribution in [2.45, 2.75) is 0 Å². The SMILES string of the molecule is COc1ccc(NC(=S)NC(=O)c2cc3ccccc3cc2OC)c(OC)c1. The van der Waals surface area contributed by atoms with Gasteiger partial charge in [0.1, 0.15) is 17.2 Å². The van der Waals surface area contributed by atoms with E-state index in [4.69, 9.17) is 26.4 Å². The molecule has 0 atom stereocenters. The number of ether oxygens (including phenoxy) is 3. The first-order valence-corrected chi connectivity index (χ1v) is 8.87. The van der Waals surface area contributed by atoms with Crippen LogP contribution in [0.4, 0.5) is 5.69 Å². The zero-order chi connectivity index (χ0) is 20.1. The normalized spacial score (nSPS) is 10.2. The zero-order valence-electron chi connectivity index (χ0n) is 15.7. The number of thiocarbonyl (C=S) groups is 1. The van der Waals surface area contributed by atoms with Crippen molar-refractivity contribution in [3.63, 3.8) is 0 Å². The molecule has 3 aromatic carbocycles. The summed E-state index contributed by atoms with van der Waals surface area (Å²) in [5.41, 5.74) is 1.01. The van der Waals surface area contributed by atoms with Gasteiger partial charge in [0.05, 0.1) is 32.6 Å². The smallest absolute Gasteiger partial charge is 0.261 e. The Labute approximate surface area is 168 Å². The van der Waals surface area contributed by atoms with E-state index in [0.717, 1.165) is 10.8 Å². The second-order valence-electron chi connectivity index (χ2n) is 5.87. The van der Waals surface area contributed by atoms with Crippen LogP contribution in [0.1, 0.15) is 10.4 Å². The van der Waals surface area contributed by atoms with E-state index in [1.165, 1.54) is 7.11 Å². The largest absolute Gasteiger partial charge is 0.497 e. The fourth-order valence-electron chi connectivity index (χ4n) is 2.79. The fraction of sp³-hybridized carbons (Fsp3) is 0.143. The molecule has 3 aromatic rings. The third kappa shape index (κ3) is 4.15. The molecule has 1 amide bonds. The molecular formula is C21H20N2O4S. The first kappa shape index (κ1) is 19.4. The standard InChI is InChI=1S/C21H20N2O4S/c1-25-15-8-9-17(19(12-15)27-3)22-21(28)23-20(24)16-10-13-6-4-5-7-14(13)11-18(16)26-2/h4-12H,1-3H3,(H2,22,23,24,28). The molecule has 2 N–H and O–H groups in total. The van der Waals surface area contributed by atoms with Gasteiger partial charge in [-0.3, -0.25) is 10.1 Å². The minimum atomic E-state index is -0.368. The monoisotopic (exact) mass is 396 g/mol. The zero-order valence-corrected chi connectivity index (χ0v) is 16.6. The third-order valence-corrected chi connectivity index (χ3v) is 4.40. The second-order valence-corrected chi connectivity index (χ2v) is 6.28. The predicted molar refractivity (Wildman–Crippen MR) is 114 cm³/mol. The molecule has 0 saturated carbocycles. The number of anilines is 1. The van der Waals surface area contributed by atoms with Crippen LogP contribution in [0.25, 0.3) is 10.8 Å². The molecule has 0 aromatic heterocycles. The molecule has 0 aliphatic heterocycles. The lowest BCUT2D eigenvalue weighted by Gasteiger charge is -2.15. The van der Waals surface area contributed by atoms with E-state index >= 15 is 0 Å². The van der Waals surface area contributed by atoms with Gasteiger partial charge in [0.25, 0.3) is 5.91 Å². The Morgan fingerprint density at radius 2 is 1.54 bits per heavy atom. The molecule has 0 aliphatic carbocycles. The van der Waals surface area contributed by atoms with E-state index in [2.05, 4.69) is 10.6 Å². The number of amides is 1. The van der Waals surface area contributed by atoms with Crippen molar-refractivity contribution in [2.24, 2.45) is 0 Å². The Bertz CT molecular complexity index is 1040. The highest BCUT2D eigenvalue weighted by Gasteiger charge is 2.16. The number of hydrogen-bond acceptors (Lipinski definition) is 5. The van der Waals surface area contributed by atoms with Gasteiger partial charge in [0.2, 0.25) is 0 Å². The highest BCUT2D eigenvalue weighted by atomic mass is 32.1. The predicted octanol–water partition coefficient (Wildman–Crippen LogP) is 3.99. The van der Waals surface area contributed by atoms with Crippen LogP contribution >= 0.6 is 12.2 Å². The maximum absolute atomic E-state index is 12.8. The molecule has 0 radical (unpaired) electrons. The van der Waals surface area contributed by atoms with Crippen molar-refractivity contribution in [1.29, 1.82) is 0 Å². The Hall–Kier alpha value is -3.32. The van der Waals surface area contributed by atoms with Gasteiger partial charge < -0.3 is 19.5 Å². The Kier molecular flexibility index (Phi) is 5.96. The molecule has 0 unspecified atom stereocenters. The van der Waals surface area contributed by atoms with Gasteiger partial charge in [-0.1, -0.05) is 24.3 Å². The molecule has 0 saturated heterocycles. The summed E-state index contributed by atoms with van der Waals surface area (Å²) in [5.74, 6) is 1.30. The summed E-state index contributed by atoms with van der Waals surface area (Å²) < 4.78 is 15.9. The number of nitrogens with one attached hydrogen (secondary N) is 2. The highest BCUT2D eigenvalue weighted by Crippen LogP contribution is 2.29. The molecular weight excluding hydrogens is 376 g/mol. The van der Waals surface area contributed by atoms with E-state index in [0.29, 0.717) is 28.5 Å². The van der Waals surface area contributed by atoms with Crippen LogP contribution in [0.15, 0.2) is 54.6 Å².